The highest BCUT2D eigenvalue weighted by atomic mass is 16.5. The molecule has 2 rings (SSSR count). The highest BCUT2D eigenvalue weighted by Gasteiger charge is 2.25. The first-order valence-electron chi connectivity index (χ1n) is 7.84. The summed E-state index contributed by atoms with van der Waals surface area (Å²) >= 11 is 0. The molecule has 0 spiro atoms. The number of hydrogen-bond acceptors (Lipinski definition) is 4. The minimum Gasteiger partial charge on any atom is -0.496 e. The number of para-hydroxylation sites is 1. The smallest absolute Gasteiger partial charge is 0.124 e. The van der Waals surface area contributed by atoms with Gasteiger partial charge in [0.25, 0.3) is 0 Å². The van der Waals surface area contributed by atoms with Gasteiger partial charge in [0, 0.05) is 24.8 Å². The van der Waals surface area contributed by atoms with Crippen LogP contribution in [0.1, 0.15) is 38.4 Å². The molecule has 1 aromatic carbocycles. The summed E-state index contributed by atoms with van der Waals surface area (Å²) in [6, 6.07) is 8.73. The second-order valence-corrected chi connectivity index (χ2v) is 5.52. The molecule has 1 saturated carbocycles. The summed E-state index contributed by atoms with van der Waals surface area (Å²) in [4.78, 5) is 0. The lowest BCUT2D eigenvalue weighted by molar-refractivity contribution is -0.0477. The zero-order valence-corrected chi connectivity index (χ0v) is 13.3. The van der Waals surface area contributed by atoms with Crippen molar-refractivity contribution < 1.29 is 14.2 Å². The molecule has 4 heteroatoms. The van der Waals surface area contributed by atoms with Gasteiger partial charge in [0.05, 0.1) is 25.9 Å². The van der Waals surface area contributed by atoms with E-state index >= 15 is 0 Å². The quantitative estimate of drug-likeness (QED) is 0.720. The van der Waals surface area contributed by atoms with Crippen LogP contribution in [0.25, 0.3) is 0 Å². The number of nitrogens with one attached hydrogen (secondary N) is 1. The summed E-state index contributed by atoms with van der Waals surface area (Å²) < 4.78 is 17.1. The van der Waals surface area contributed by atoms with E-state index in [1.54, 1.807) is 7.11 Å². The molecule has 0 aromatic heterocycles. The third-order valence-electron chi connectivity index (χ3n) is 3.61. The van der Waals surface area contributed by atoms with Gasteiger partial charge < -0.3 is 19.5 Å². The normalized spacial score (nSPS) is 17.5. The van der Waals surface area contributed by atoms with Crippen molar-refractivity contribution in [1.82, 2.24) is 5.32 Å². The summed E-state index contributed by atoms with van der Waals surface area (Å²) in [6.07, 6.45) is 2.58. The van der Waals surface area contributed by atoms with Crippen LogP contribution in [0, 0.1) is 0 Å². The zero-order chi connectivity index (χ0) is 15.1. The van der Waals surface area contributed by atoms with Crippen LogP contribution in [0.3, 0.4) is 0 Å². The standard InChI is InChI=1S/C17H27NO3/c1-4-20-12-13(2)21-17(11-18-14-9-10-14)15-7-5-6-8-16(15)19-3/h5-8,13-14,17-18H,4,9-12H2,1-3H3. The topological polar surface area (TPSA) is 39.7 Å². The summed E-state index contributed by atoms with van der Waals surface area (Å²) in [5.74, 6) is 0.878. The van der Waals surface area contributed by atoms with Crippen LogP contribution in [0.15, 0.2) is 24.3 Å². The van der Waals surface area contributed by atoms with Crippen molar-refractivity contribution in [1.29, 1.82) is 0 Å². The lowest BCUT2D eigenvalue weighted by atomic mass is 10.1. The molecule has 0 aliphatic heterocycles. The number of methoxy groups -OCH3 is 1. The second-order valence-electron chi connectivity index (χ2n) is 5.52. The molecule has 1 aliphatic rings. The van der Waals surface area contributed by atoms with Gasteiger partial charge in [0.15, 0.2) is 0 Å². The number of ether oxygens (including phenoxy) is 3. The molecule has 0 amide bonds. The molecule has 1 aliphatic carbocycles. The first-order chi connectivity index (χ1) is 10.2. The van der Waals surface area contributed by atoms with Gasteiger partial charge in [-0.1, -0.05) is 18.2 Å². The third-order valence-corrected chi connectivity index (χ3v) is 3.61. The SMILES string of the molecule is CCOCC(C)OC(CNC1CC1)c1ccccc1OC. The minimum atomic E-state index is -0.0165. The molecule has 118 valence electrons. The Kier molecular flexibility index (Phi) is 6.49. The number of hydrogen-bond donors (Lipinski definition) is 1. The van der Waals surface area contributed by atoms with Crippen molar-refractivity contribution in [3.63, 3.8) is 0 Å². The van der Waals surface area contributed by atoms with Gasteiger partial charge in [-0.15, -0.1) is 0 Å². The monoisotopic (exact) mass is 293 g/mol. The molecule has 1 fully saturated rings. The molecule has 21 heavy (non-hydrogen) atoms. The van der Waals surface area contributed by atoms with Crippen LogP contribution in [0.2, 0.25) is 0 Å². The maximum absolute atomic E-state index is 6.19. The van der Waals surface area contributed by atoms with Gasteiger partial charge in [0.2, 0.25) is 0 Å². The van der Waals surface area contributed by atoms with Crippen LogP contribution in [0.4, 0.5) is 0 Å². The van der Waals surface area contributed by atoms with Gasteiger partial charge in [-0.2, -0.15) is 0 Å². The van der Waals surface area contributed by atoms with Crippen molar-refractivity contribution in [3.05, 3.63) is 29.8 Å². The van der Waals surface area contributed by atoms with Gasteiger partial charge in [-0.05, 0) is 32.8 Å². The molecule has 4 nitrogen and oxygen atoms in total. The van der Waals surface area contributed by atoms with Gasteiger partial charge in [-0.3, -0.25) is 0 Å². The predicted molar refractivity (Wildman–Crippen MR) is 83.8 cm³/mol. The molecule has 1 N–H and O–H groups in total. The van der Waals surface area contributed by atoms with E-state index < -0.39 is 0 Å². The fourth-order valence-electron chi connectivity index (χ4n) is 2.33. The van der Waals surface area contributed by atoms with Crippen molar-refractivity contribution >= 4 is 0 Å². The molecule has 0 saturated heterocycles. The number of benzene rings is 1. The van der Waals surface area contributed by atoms with E-state index in [1.807, 2.05) is 25.1 Å². The highest BCUT2D eigenvalue weighted by Crippen LogP contribution is 2.29. The summed E-state index contributed by atoms with van der Waals surface area (Å²) in [6.45, 7) is 6.19. The summed E-state index contributed by atoms with van der Waals surface area (Å²) in [5.41, 5.74) is 1.09. The second kappa shape index (κ2) is 8.37. The first-order valence-corrected chi connectivity index (χ1v) is 7.84. The molecule has 1 aromatic rings. The van der Waals surface area contributed by atoms with Crippen LogP contribution in [0.5, 0.6) is 5.75 Å². The first kappa shape index (κ1) is 16.3. The fraction of sp³-hybridized carbons (Fsp3) is 0.647. The molecule has 0 heterocycles. The maximum atomic E-state index is 6.19. The average molecular weight is 293 g/mol. The third kappa shape index (κ3) is 5.30. The van der Waals surface area contributed by atoms with Crippen LogP contribution >= 0.6 is 0 Å². The Hall–Kier alpha value is -1.10. The Bertz CT molecular complexity index is 420. The minimum absolute atomic E-state index is 0.0165. The van der Waals surface area contributed by atoms with E-state index in [4.69, 9.17) is 14.2 Å². The van der Waals surface area contributed by atoms with Crippen molar-refractivity contribution in [2.45, 2.75) is 44.9 Å². The Morgan fingerprint density at radius 2 is 2.05 bits per heavy atom. The van der Waals surface area contributed by atoms with Crippen LogP contribution < -0.4 is 10.1 Å². The van der Waals surface area contributed by atoms with E-state index in [-0.39, 0.29) is 12.2 Å². The molecule has 2 atom stereocenters. The number of rotatable bonds is 10. The summed E-state index contributed by atoms with van der Waals surface area (Å²) in [5, 5.41) is 3.55. The predicted octanol–water partition coefficient (Wildman–Crippen LogP) is 2.93. The Morgan fingerprint density at radius 1 is 1.29 bits per heavy atom. The van der Waals surface area contributed by atoms with Crippen molar-refractivity contribution in [2.75, 3.05) is 26.9 Å². The average Bonchev–Trinajstić information content (AvgIpc) is 3.33. The molecule has 0 bridgehead atoms. The van der Waals surface area contributed by atoms with E-state index in [9.17, 15) is 0 Å². The lowest BCUT2D eigenvalue weighted by Crippen LogP contribution is -2.29. The molecular weight excluding hydrogens is 266 g/mol. The largest absolute Gasteiger partial charge is 0.496 e. The maximum Gasteiger partial charge on any atom is 0.124 e. The van der Waals surface area contributed by atoms with Gasteiger partial charge in [0.1, 0.15) is 5.75 Å². The fourth-order valence-corrected chi connectivity index (χ4v) is 2.33. The van der Waals surface area contributed by atoms with E-state index in [0.29, 0.717) is 19.3 Å². The molecule has 0 radical (unpaired) electrons. The highest BCUT2D eigenvalue weighted by molar-refractivity contribution is 5.35. The lowest BCUT2D eigenvalue weighted by Gasteiger charge is -2.24. The van der Waals surface area contributed by atoms with Crippen LogP contribution in [-0.2, 0) is 9.47 Å². The van der Waals surface area contributed by atoms with E-state index in [2.05, 4.69) is 18.3 Å². The Morgan fingerprint density at radius 3 is 2.71 bits per heavy atom. The molecule has 2 unspecified atom stereocenters. The van der Waals surface area contributed by atoms with Crippen LogP contribution in [-0.4, -0.2) is 39.0 Å². The van der Waals surface area contributed by atoms with Gasteiger partial charge >= 0.3 is 0 Å². The Labute approximate surface area is 127 Å². The van der Waals surface area contributed by atoms with E-state index in [1.165, 1.54) is 12.8 Å². The van der Waals surface area contributed by atoms with Gasteiger partial charge in [-0.25, -0.2) is 0 Å². The molecular formula is C17H27NO3. The summed E-state index contributed by atoms with van der Waals surface area (Å²) in [7, 11) is 1.70. The Balaban J connectivity index is 2.02. The van der Waals surface area contributed by atoms with Crippen molar-refractivity contribution in [3.8, 4) is 5.75 Å². The van der Waals surface area contributed by atoms with E-state index in [0.717, 1.165) is 17.9 Å². The zero-order valence-electron chi connectivity index (χ0n) is 13.3. The van der Waals surface area contributed by atoms with Crippen molar-refractivity contribution in [2.24, 2.45) is 0 Å².